The maximum atomic E-state index is 14.0. The number of Topliss-reactive ketones (excluding diaryl/α,β-unsaturated/α-hetero) is 1. The normalized spacial score (nSPS) is 27.3. The van der Waals surface area contributed by atoms with E-state index in [0.717, 1.165) is 52.2 Å². The lowest BCUT2D eigenvalue weighted by Crippen LogP contribution is -2.38. The minimum absolute atomic E-state index is 0.0631. The second-order valence-electron chi connectivity index (χ2n) is 13.8. The minimum Gasteiger partial charge on any atom is -0.496 e. The molecule has 2 aliphatic carbocycles. The number of amides is 1. The zero-order valence-corrected chi connectivity index (χ0v) is 28.8. The molecule has 0 unspecified atom stereocenters. The summed E-state index contributed by atoms with van der Waals surface area (Å²) in [7, 11) is 3.46. The zero-order chi connectivity index (χ0) is 33.5. The number of hydrogen-bond donors (Lipinski definition) is 1. The van der Waals surface area contributed by atoms with E-state index in [1.54, 1.807) is 30.4 Å². The number of aromatic nitrogens is 2. The fourth-order valence-electron chi connectivity index (χ4n) is 7.42. The first-order valence-corrected chi connectivity index (χ1v) is 17.7. The lowest BCUT2D eigenvalue weighted by atomic mass is 9.84. The first-order valence-electron chi connectivity index (χ1n) is 16.9. The average Bonchev–Trinajstić information content (AvgIpc) is 3.36. The van der Waals surface area contributed by atoms with Gasteiger partial charge in [0, 0.05) is 48.3 Å². The van der Waals surface area contributed by atoms with Gasteiger partial charge in [0.1, 0.15) is 34.1 Å². The van der Waals surface area contributed by atoms with Gasteiger partial charge in [0.25, 0.3) is 0 Å². The molecule has 10 heteroatoms. The van der Waals surface area contributed by atoms with Gasteiger partial charge in [0.15, 0.2) is 0 Å². The fraction of sp³-hybridized carbons (Fsp3) is 0.541. The van der Waals surface area contributed by atoms with Gasteiger partial charge >= 0.3 is 5.97 Å². The number of carbonyl (C=O) groups excluding carboxylic acids is 2. The largest absolute Gasteiger partial charge is 0.496 e. The Morgan fingerprint density at radius 2 is 1.94 bits per heavy atom. The number of ether oxygens (including phenoxy) is 2. The first kappa shape index (κ1) is 33.1. The third-order valence-electron chi connectivity index (χ3n) is 10.4. The SMILES string of the molecule is CCc1c(OC)ccc2c(O[C@@H]3C[C@H]4C(=O)C[C@]5(C(=O)O)C[C@H]5/C=C\CCCCN(C)C(=O)[C@@H]4C3)cc(-c3nc(C(C)C)cs3)nc12. The smallest absolute Gasteiger partial charge is 0.310 e. The molecule has 5 atom stereocenters. The highest BCUT2D eigenvalue weighted by Gasteiger charge is 2.61. The molecule has 9 nitrogen and oxygen atoms in total. The van der Waals surface area contributed by atoms with Gasteiger partial charge in [-0.25, -0.2) is 9.97 Å². The van der Waals surface area contributed by atoms with Crippen LogP contribution in [0.4, 0.5) is 0 Å². The Hall–Kier alpha value is -3.79. The Balaban J connectivity index is 1.36. The molecule has 1 aliphatic heterocycles. The number of nitrogens with zero attached hydrogens (tertiary/aromatic N) is 3. The highest BCUT2D eigenvalue weighted by Crippen LogP contribution is 2.57. The van der Waals surface area contributed by atoms with Crippen molar-refractivity contribution in [2.45, 2.75) is 84.2 Å². The van der Waals surface area contributed by atoms with E-state index in [1.807, 2.05) is 30.4 Å². The number of hydrogen-bond acceptors (Lipinski definition) is 8. The van der Waals surface area contributed by atoms with E-state index in [2.05, 4.69) is 26.2 Å². The maximum absolute atomic E-state index is 14.0. The zero-order valence-electron chi connectivity index (χ0n) is 28.0. The number of pyridine rings is 1. The quantitative estimate of drug-likeness (QED) is 0.268. The summed E-state index contributed by atoms with van der Waals surface area (Å²) in [6, 6.07) is 5.80. The lowest BCUT2D eigenvalue weighted by Gasteiger charge is -2.25. The number of ketones is 1. The van der Waals surface area contributed by atoms with Crippen molar-refractivity contribution < 1.29 is 29.0 Å². The van der Waals surface area contributed by atoms with Crippen molar-refractivity contribution in [3.63, 3.8) is 0 Å². The predicted octanol–water partition coefficient (Wildman–Crippen LogP) is 7.07. The number of rotatable bonds is 7. The molecular formula is C37H45N3O6S. The molecule has 0 spiro atoms. The second kappa shape index (κ2) is 13.4. The van der Waals surface area contributed by atoms with Crippen molar-refractivity contribution in [1.82, 2.24) is 14.9 Å². The molecule has 3 aliphatic rings. The molecule has 2 saturated carbocycles. The molecule has 3 aromatic rings. The van der Waals surface area contributed by atoms with Gasteiger partial charge in [-0.05, 0) is 68.9 Å². The van der Waals surface area contributed by atoms with E-state index in [9.17, 15) is 19.5 Å². The number of aryl methyl sites for hydroxylation is 1. The molecule has 2 fully saturated rings. The van der Waals surface area contributed by atoms with Crippen LogP contribution < -0.4 is 9.47 Å². The molecule has 1 aromatic carbocycles. The molecule has 1 amide bonds. The summed E-state index contributed by atoms with van der Waals surface area (Å²) in [6.45, 7) is 6.90. The molecule has 47 heavy (non-hydrogen) atoms. The van der Waals surface area contributed by atoms with Crippen LogP contribution in [0.1, 0.15) is 82.9 Å². The number of carboxylic acids is 1. The van der Waals surface area contributed by atoms with Crippen molar-refractivity contribution in [3.05, 3.63) is 47.0 Å². The summed E-state index contributed by atoms with van der Waals surface area (Å²) in [5, 5.41) is 13.9. The fourth-order valence-corrected chi connectivity index (χ4v) is 8.36. The number of fused-ring (bicyclic) bond motifs is 3. The van der Waals surface area contributed by atoms with Gasteiger partial charge in [0.2, 0.25) is 5.91 Å². The van der Waals surface area contributed by atoms with Crippen molar-refractivity contribution >= 4 is 39.9 Å². The summed E-state index contributed by atoms with van der Waals surface area (Å²) in [5.74, 6) is -0.810. The number of allylic oxidation sites excluding steroid dienone is 2. The van der Waals surface area contributed by atoms with Crippen LogP contribution in [0.2, 0.25) is 0 Å². The van der Waals surface area contributed by atoms with Crippen LogP contribution in [-0.4, -0.2) is 64.4 Å². The third-order valence-corrected chi connectivity index (χ3v) is 11.2. The van der Waals surface area contributed by atoms with Crippen molar-refractivity contribution in [3.8, 4) is 22.2 Å². The van der Waals surface area contributed by atoms with Crippen LogP contribution in [0.25, 0.3) is 21.6 Å². The summed E-state index contributed by atoms with van der Waals surface area (Å²) in [5.41, 5.74) is 2.37. The topological polar surface area (TPSA) is 119 Å². The number of benzene rings is 1. The van der Waals surface area contributed by atoms with E-state index in [1.165, 1.54) is 0 Å². The Labute approximate surface area is 280 Å². The average molecular weight is 660 g/mol. The van der Waals surface area contributed by atoms with E-state index >= 15 is 0 Å². The van der Waals surface area contributed by atoms with Crippen LogP contribution in [0.5, 0.6) is 11.5 Å². The van der Waals surface area contributed by atoms with Crippen LogP contribution in [-0.2, 0) is 20.8 Å². The van der Waals surface area contributed by atoms with Crippen molar-refractivity contribution in [1.29, 1.82) is 0 Å². The van der Waals surface area contributed by atoms with Crippen molar-refractivity contribution in [2.24, 2.45) is 23.2 Å². The number of methoxy groups -OCH3 is 1. The summed E-state index contributed by atoms with van der Waals surface area (Å²) >= 11 is 1.54. The molecule has 6 rings (SSSR count). The van der Waals surface area contributed by atoms with Crippen molar-refractivity contribution in [2.75, 3.05) is 20.7 Å². The Bertz CT molecular complexity index is 1720. The second-order valence-corrected chi connectivity index (χ2v) is 14.6. The summed E-state index contributed by atoms with van der Waals surface area (Å²) in [6.07, 6.45) is 8.04. The number of thiazole rings is 1. The van der Waals surface area contributed by atoms with Gasteiger partial charge in [-0.1, -0.05) is 32.9 Å². The monoisotopic (exact) mass is 659 g/mol. The van der Waals surface area contributed by atoms with Gasteiger partial charge in [-0.15, -0.1) is 11.3 Å². The van der Waals surface area contributed by atoms with Gasteiger partial charge < -0.3 is 19.5 Å². The molecule has 0 radical (unpaired) electrons. The Morgan fingerprint density at radius 1 is 1.15 bits per heavy atom. The highest BCUT2D eigenvalue weighted by atomic mass is 32.1. The summed E-state index contributed by atoms with van der Waals surface area (Å²) in [4.78, 5) is 51.9. The number of aliphatic carboxylic acids is 1. The number of carboxylic acid groups (broad SMARTS) is 1. The third kappa shape index (κ3) is 6.41. The van der Waals surface area contributed by atoms with Gasteiger partial charge in [-0.3, -0.25) is 14.4 Å². The lowest BCUT2D eigenvalue weighted by molar-refractivity contribution is -0.147. The van der Waals surface area contributed by atoms with Crippen LogP contribution in [0, 0.1) is 23.2 Å². The molecule has 2 aromatic heterocycles. The molecule has 3 heterocycles. The minimum atomic E-state index is -1.08. The van der Waals surface area contributed by atoms with Crippen LogP contribution >= 0.6 is 11.3 Å². The van der Waals surface area contributed by atoms with Gasteiger partial charge in [-0.2, -0.15) is 0 Å². The molecule has 0 saturated heterocycles. The first-order chi connectivity index (χ1) is 22.6. The number of carbonyl (C=O) groups is 3. The molecule has 0 bridgehead atoms. The highest BCUT2D eigenvalue weighted by molar-refractivity contribution is 7.13. The molecular weight excluding hydrogens is 614 g/mol. The molecule has 250 valence electrons. The Kier molecular flexibility index (Phi) is 9.43. The maximum Gasteiger partial charge on any atom is 0.310 e. The van der Waals surface area contributed by atoms with Crippen LogP contribution in [0.15, 0.2) is 35.7 Å². The summed E-state index contributed by atoms with van der Waals surface area (Å²) < 4.78 is 12.5. The van der Waals surface area contributed by atoms with E-state index in [4.69, 9.17) is 19.4 Å². The van der Waals surface area contributed by atoms with Gasteiger partial charge in [0.05, 0.1) is 29.7 Å². The molecule has 1 N–H and O–H groups in total. The van der Waals surface area contributed by atoms with Crippen LogP contribution in [0.3, 0.4) is 0 Å². The standard InChI is InChI=1S/C37H45N3O6S/c1-6-24-31(45-5)13-12-25-32(17-28(38-33(24)25)34-39-29(20-47-34)21(2)3)46-23-15-26-27(16-23)35(42)40(4)14-10-8-7-9-11-22-18-37(22,36(43)44)19-30(26)41/h9,11-13,17,20-23,26-27H,6-8,10,14-16,18-19H2,1-5H3,(H,43,44)/b11-9-/t22-,23-,26-,27-,37-/m1/s1. The van der Waals surface area contributed by atoms with E-state index < -0.39 is 29.3 Å². The van der Waals surface area contributed by atoms with E-state index in [0.29, 0.717) is 43.7 Å². The van der Waals surface area contributed by atoms with E-state index in [-0.39, 0.29) is 29.9 Å². The predicted molar refractivity (Wildman–Crippen MR) is 182 cm³/mol. The Morgan fingerprint density at radius 3 is 2.64 bits per heavy atom.